The normalized spacial score (nSPS) is 16.4. The van der Waals surface area contributed by atoms with Gasteiger partial charge in [0.15, 0.2) is 11.6 Å². The molecule has 0 unspecified atom stereocenters. The van der Waals surface area contributed by atoms with Gasteiger partial charge in [0.25, 0.3) is 5.78 Å². The third kappa shape index (κ3) is 2.98. The van der Waals surface area contributed by atoms with E-state index in [0.717, 1.165) is 17.7 Å². The second-order valence-corrected chi connectivity index (χ2v) is 7.66. The van der Waals surface area contributed by atoms with Crippen molar-refractivity contribution in [3.63, 3.8) is 0 Å². The van der Waals surface area contributed by atoms with E-state index in [1.165, 1.54) is 11.1 Å². The van der Waals surface area contributed by atoms with Crippen molar-refractivity contribution >= 4 is 23.2 Å². The van der Waals surface area contributed by atoms with Gasteiger partial charge in [-0.3, -0.25) is 4.79 Å². The van der Waals surface area contributed by atoms with Gasteiger partial charge in [0.2, 0.25) is 0 Å². The molecule has 1 aliphatic carbocycles. The Bertz CT molecular complexity index is 1200. The van der Waals surface area contributed by atoms with Crippen molar-refractivity contribution in [2.75, 3.05) is 0 Å². The molecular formula is C22H17ClN4O. The predicted molar refractivity (Wildman–Crippen MR) is 108 cm³/mol. The van der Waals surface area contributed by atoms with Crippen LogP contribution >= 0.6 is 11.6 Å². The maximum atomic E-state index is 12.8. The summed E-state index contributed by atoms with van der Waals surface area (Å²) in [6, 6.07) is 15.7. The van der Waals surface area contributed by atoms with E-state index in [1.807, 2.05) is 12.1 Å². The first-order valence-corrected chi connectivity index (χ1v) is 9.56. The van der Waals surface area contributed by atoms with Gasteiger partial charge < -0.3 is 0 Å². The number of ketones is 1. The molecular weight excluding hydrogens is 372 g/mol. The summed E-state index contributed by atoms with van der Waals surface area (Å²) in [5.41, 5.74) is 4.68. The van der Waals surface area contributed by atoms with E-state index in [9.17, 15) is 4.79 Å². The molecule has 2 aromatic heterocycles. The summed E-state index contributed by atoms with van der Waals surface area (Å²) in [4.78, 5) is 22.0. The predicted octanol–water partition coefficient (Wildman–Crippen LogP) is 4.67. The van der Waals surface area contributed by atoms with Gasteiger partial charge in [0.1, 0.15) is 0 Å². The minimum absolute atomic E-state index is 0.102. The van der Waals surface area contributed by atoms with Crippen LogP contribution in [0.2, 0.25) is 5.02 Å². The van der Waals surface area contributed by atoms with Gasteiger partial charge in [-0.25, -0.2) is 9.50 Å². The molecule has 0 N–H and O–H groups in total. The van der Waals surface area contributed by atoms with Gasteiger partial charge in [-0.2, -0.15) is 4.98 Å². The van der Waals surface area contributed by atoms with Crippen LogP contribution in [0.1, 0.15) is 39.5 Å². The number of carbonyl (C=O) groups excluding carboxylic acids is 1. The standard InChI is InChI=1S/C22H17ClN4O/c1-13-2-4-14(5-3-13)16-10-19-18(20(28)11-16)12-27-22(24-19)25-21(26-27)15-6-8-17(23)9-7-15/h2-9,12,16H,10-11H2,1H3/t16-/m1/s1. The lowest BCUT2D eigenvalue weighted by molar-refractivity contribution is 0.0962. The van der Waals surface area contributed by atoms with E-state index in [2.05, 4.69) is 46.3 Å². The quantitative estimate of drug-likeness (QED) is 0.500. The maximum Gasteiger partial charge on any atom is 0.252 e. The molecule has 0 amide bonds. The third-order valence-electron chi connectivity index (χ3n) is 5.23. The van der Waals surface area contributed by atoms with Crippen LogP contribution in [0.25, 0.3) is 17.2 Å². The minimum Gasteiger partial charge on any atom is -0.294 e. The van der Waals surface area contributed by atoms with Gasteiger partial charge in [-0.15, -0.1) is 5.10 Å². The Labute approximate surface area is 167 Å². The van der Waals surface area contributed by atoms with Gasteiger partial charge in [0.05, 0.1) is 11.3 Å². The highest BCUT2D eigenvalue weighted by atomic mass is 35.5. The van der Waals surface area contributed by atoms with Crippen molar-refractivity contribution in [2.45, 2.75) is 25.7 Å². The van der Waals surface area contributed by atoms with E-state index in [1.54, 1.807) is 22.8 Å². The highest BCUT2D eigenvalue weighted by Gasteiger charge is 2.28. The first-order valence-electron chi connectivity index (χ1n) is 9.19. The molecule has 1 aliphatic rings. The number of rotatable bonds is 2. The van der Waals surface area contributed by atoms with Crippen molar-refractivity contribution < 1.29 is 4.79 Å². The second-order valence-electron chi connectivity index (χ2n) is 7.23. The van der Waals surface area contributed by atoms with E-state index < -0.39 is 0 Å². The first-order chi connectivity index (χ1) is 13.6. The molecule has 5 nitrogen and oxygen atoms in total. The van der Waals surface area contributed by atoms with E-state index in [4.69, 9.17) is 11.6 Å². The Morgan fingerprint density at radius 2 is 1.75 bits per heavy atom. The van der Waals surface area contributed by atoms with Crippen molar-refractivity contribution in [3.05, 3.63) is 82.1 Å². The van der Waals surface area contributed by atoms with Crippen molar-refractivity contribution in [1.82, 2.24) is 19.6 Å². The van der Waals surface area contributed by atoms with E-state index in [-0.39, 0.29) is 11.7 Å². The molecule has 138 valence electrons. The monoisotopic (exact) mass is 388 g/mol. The topological polar surface area (TPSA) is 60.2 Å². The lowest BCUT2D eigenvalue weighted by atomic mass is 9.82. The van der Waals surface area contributed by atoms with E-state index in [0.29, 0.717) is 28.6 Å². The largest absolute Gasteiger partial charge is 0.294 e. The summed E-state index contributed by atoms with van der Waals surface area (Å²) < 4.78 is 1.59. The number of fused-ring (bicyclic) bond motifs is 2. The zero-order chi connectivity index (χ0) is 19.3. The molecule has 2 aromatic carbocycles. The lowest BCUT2D eigenvalue weighted by Gasteiger charge is -2.23. The fraction of sp³-hybridized carbons (Fsp3) is 0.182. The number of Topliss-reactive ketones (excluding diaryl/α,β-unsaturated/α-hetero) is 1. The summed E-state index contributed by atoms with van der Waals surface area (Å²) in [5.74, 6) is 1.31. The Morgan fingerprint density at radius 3 is 2.50 bits per heavy atom. The molecule has 0 saturated carbocycles. The van der Waals surface area contributed by atoms with Gasteiger partial charge in [-0.1, -0.05) is 41.4 Å². The number of hydrogen-bond donors (Lipinski definition) is 0. The van der Waals surface area contributed by atoms with Gasteiger partial charge >= 0.3 is 0 Å². The average molecular weight is 389 g/mol. The van der Waals surface area contributed by atoms with Crippen LogP contribution in [0.4, 0.5) is 0 Å². The van der Waals surface area contributed by atoms with Crippen LogP contribution in [0.5, 0.6) is 0 Å². The molecule has 1 atom stereocenters. The van der Waals surface area contributed by atoms with Gasteiger partial charge in [-0.05, 0) is 49.1 Å². The highest BCUT2D eigenvalue weighted by Crippen LogP contribution is 2.32. The lowest BCUT2D eigenvalue weighted by Crippen LogP contribution is -2.21. The second kappa shape index (κ2) is 6.53. The molecule has 4 aromatic rings. The summed E-state index contributed by atoms with van der Waals surface area (Å²) in [7, 11) is 0. The zero-order valence-electron chi connectivity index (χ0n) is 15.3. The smallest absolute Gasteiger partial charge is 0.252 e. The number of halogens is 1. The average Bonchev–Trinajstić information content (AvgIpc) is 3.10. The molecule has 0 fully saturated rings. The van der Waals surface area contributed by atoms with E-state index >= 15 is 0 Å². The summed E-state index contributed by atoms with van der Waals surface area (Å²) in [6.45, 7) is 2.06. The fourth-order valence-electron chi connectivity index (χ4n) is 3.68. The Morgan fingerprint density at radius 1 is 1.00 bits per heavy atom. The fourth-order valence-corrected chi connectivity index (χ4v) is 3.81. The maximum absolute atomic E-state index is 12.8. The van der Waals surface area contributed by atoms with Crippen LogP contribution in [-0.4, -0.2) is 25.4 Å². The highest BCUT2D eigenvalue weighted by molar-refractivity contribution is 6.30. The Hall–Kier alpha value is -3.05. The number of aromatic nitrogens is 4. The SMILES string of the molecule is Cc1ccc([C@H]2CC(=O)c3cn4nc(-c5ccc(Cl)cc5)nc4nc3C2)cc1. The summed E-state index contributed by atoms with van der Waals surface area (Å²) in [5, 5.41) is 5.15. The van der Waals surface area contributed by atoms with Crippen LogP contribution < -0.4 is 0 Å². The Balaban J connectivity index is 1.53. The van der Waals surface area contributed by atoms with Crippen molar-refractivity contribution in [2.24, 2.45) is 0 Å². The molecule has 0 radical (unpaired) electrons. The molecule has 6 heteroatoms. The van der Waals surface area contributed by atoms with Crippen LogP contribution in [0, 0.1) is 6.92 Å². The summed E-state index contributed by atoms with van der Waals surface area (Å²) >= 11 is 5.96. The molecule has 0 saturated heterocycles. The molecule has 2 heterocycles. The third-order valence-corrected chi connectivity index (χ3v) is 5.49. The minimum atomic E-state index is 0.102. The number of nitrogens with zero attached hydrogens (tertiary/aromatic N) is 4. The molecule has 5 rings (SSSR count). The molecule has 0 bridgehead atoms. The van der Waals surface area contributed by atoms with Crippen molar-refractivity contribution in [3.8, 4) is 11.4 Å². The number of hydrogen-bond acceptors (Lipinski definition) is 4. The first kappa shape index (κ1) is 17.1. The summed E-state index contributed by atoms with van der Waals surface area (Å²) in [6.07, 6.45) is 2.98. The number of carbonyl (C=O) groups is 1. The molecule has 0 spiro atoms. The van der Waals surface area contributed by atoms with Crippen LogP contribution in [0.3, 0.4) is 0 Å². The van der Waals surface area contributed by atoms with Crippen molar-refractivity contribution in [1.29, 1.82) is 0 Å². The Kier molecular flexibility index (Phi) is 3.98. The number of benzene rings is 2. The number of aryl methyl sites for hydroxylation is 1. The van der Waals surface area contributed by atoms with Crippen LogP contribution in [-0.2, 0) is 6.42 Å². The zero-order valence-corrected chi connectivity index (χ0v) is 16.0. The van der Waals surface area contributed by atoms with Crippen LogP contribution in [0.15, 0.2) is 54.7 Å². The van der Waals surface area contributed by atoms with Gasteiger partial charge in [0, 0.05) is 23.2 Å². The molecule has 28 heavy (non-hydrogen) atoms. The molecule has 0 aliphatic heterocycles.